The van der Waals surface area contributed by atoms with Gasteiger partial charge in [0.05, 0.1) is 6.04 Å². The molecule has 158 valence electrons. The summed E-state index contributed by atoms with van der Waals surface area (Å²) in [7, 11) is 0. The molecule has 5 rings (SSSR count). The molecule has 0 unspecified atom stereocenters. The first-order valence-corrected chi connectivity index (χ1v) is 10.9. The fourth-order valence-electron chi connectivity index (χ4n) is 4.69. The van der Waals surface area contributed by atoms with Gasteiger partial charge in [-0.25, -0.2) is 4.98 Å². The van der Waals surface area contributed by atoms with Gasteiger partial charge in [-0.2, -0.15) is 14.6 Å². The zero-order valence-corrected chi connectivity index (χ0v) is 17.3. The molecule has 3 aromatic rings. The molecule has 2 N–H and O–H groups in total. The first-order chi connectivity index (χ1) is 14.8. The van der Waals surface area contributed by atoms with Crippen LogP contribution in [0.1, 0.15) is 30.4 Å². The molecule has 4 heterocycles. The third-order valence-electron chi connectivity index (χ3n) is 6.25. The van der Waals surface area contributed by atoms with Gasteiger partial charge >= 0.3 is 0 Å². The minimum absolute atomic E-state index is 0.313. The highest BCUT2D eigenvalue weighted by atomic mass is 16.5. The second-order valence-corrected chi connectivity index (χ2v) is 8.14. The average molecular weight is 408 g/mol. The molecule has 2 aliphatic heterocycles. The van der Waals surface area contributed by atoms with Crippen LogP contribution in [-0.4, -0.2) is 63.3 Å². The van der Waals surface area contributed by atoms with Gasteiger partial charge in [-0.05, 0) is 56.5 Å². The van der Waals surface area contributed by atoms with Crippen LogP contribution in [0.2, 0.25) is 0 Å². The van der Waals surface area contributed by atoms with E-state index in [9.17, 15) is 0 Å². The molecule has 1 saturated heterocycles. The highest BCUT2D eigenvalue weighted by Gasteiger charge is 2.28. The van der Waals surface area contributed by atoms with Crippen molar-refractivity contribution >= 4 is 11.6 Å². The number of anilines is 1. The van der Waals surface area contributed by atoms with Gasteiger partial charge in [0.1, 0.15) is 24.5 Å². The number of ether oxygens (including phenoxy) is 1. The van der Waals surface area contributed by atoms with Crippen LogP contribution >= 0.6 is 0 Å². The first-order valence-electron chi connectivity index (χ1n) is 10.9. The van der Waals surface area contributed by atoms with E-state index in [2.05, 4.69) is 43.1 Å². The Morgan fingerprint density at radius 1 is 1.17 bits per heavy atom. The Balaban J connectivity index is 1.31. The van der Waals surface area contributed by atoms with Gasteiger partial charge in [-0.3, -0.25) is 4.90 Å². The van der Waals surface area contributed by atoms with Crippen LogP contribution < -0.4 is 15.4 Å². The van der Waals surface area contributed by atoms with E-state index in [4.69, 9.17) is 10.5 Å². The fraction of sp³-hybridized carbons (Fsp3) is 0.500. The van der Waals surface area contributed by atoms with Crippen molar-refractivity contribution in [3.63, 3.8) is 0 Å². The lowest BCUT2D eigenvalue weighted by atomic mass is 9.98. The van der Waals surface area contributed by atoms with Gasteiger partial charge in [-0.15, -0.1) is 0 Å². The second-order valence-electron chi connectivity index (χ2n) is 8.14. The number of aromatic nitrogens is 4. The Hall–Kier alpha value is -2.71. The summed E-state index contributed by atoms with van der Waals surface area (Å²) in [4.78, 5) is 13.4. The molecule has 1 fully saturated rings. The zero-order chi connectivity index (χ0) is 20.3. The lowest BCUT2D eigenvalue weighted by molar-refractivity contribution is 0.237. The van der Waals surface area contributed by atoms with Gasteiger partial charge in [0.25, 0.3) is 5.78 Å². The minimum Gasteiger partial charge on any atom is -0.491 e. The fourth-order valence-corrected chi connectivity index (χ4v) is 4.69. The molecule has 0 radical (unpaired) electrons. The van der Waals surface area contributed by atoms with Crippen LogP contribution in [0.5, 0.6) is 5.75 Å². The van der Waals surface area contributed by atoms with E-state index >= 15 is 0 Å². The number of hydrogen-bond acceptors (Lipinski definition) is 7. The van der Waals surface area contributed by atoms with Gasteiger partial charge in [0.2, 0.25) is 0 Å². The lowest BCUT2D eigenvalue weighted by Crippen LogP contribution is -2.36. The van der Waals surface area contributed by atoms with Crippen molar-refractivity contribution in [1.82, 2.24) is 24.5 Å². The van der Waals surface area contributed by atoms with E-state index in [1.807, 2.05) is 10.6 Å². The normalized spacial score (nSPS) is 19.4. The van der Waals surface area contributed by atoms with Crippen LogP contribution in [-0.2, 0) is 13.0 Å². The summed E-state index contributed by atoms with van der Waals surface area (Å²) in [6.45, 7) is 5.50. The zero-order valence-electron chi connectivity index (χ0n) is 17.3. The van der Waals surface area contributed by atoms with Crippen LogP contribution in [0, 0.1) is 0 Å². The Kier molecular flexibility index (Phi) is 5.50. The number of rotatable bonds is 7. The van der Waals surface area contributed by atoms with Crippen LogP contribution in [0.4, 0.5) is 5.82 Å². The smallest absolute Gasteiger partial charge is 0.254 e. The molecule has 0 amide bonds. The van der Waals surface area contributed by atoms with Gasteiger partial charge in [0.15, 0.2) is 0 Å². The SMILES string of the molecule is NCCCN1CCc2cccc(OC[C@H]3CCCN3c3ccnc4ncnn34)c2C1. The number of nitrogens with two attached hydrogens (primary N) is 1. The largest absolute Gasteiger partial charge is 0.491 e. The second kappa shape index (κ2) is 8.57. The lowest BCUT2D eigenvalue weighted by Gasteiger charge is -2.31. The van der Waals surface area contributed by atoms with Crippen molar-refractivity contribution in [2.24, 2.45) is 5.73 Å². The standard InChI is InChI=1S/C22H29N7O/c23-9-3-11-27-13-8-17-4-1-6-20(19(17)14-27)30-15-18-5-2-12-28(18)21-7-10-24-22-25-16-26-29(21)22/h1,4,6-7,10,16,18H,2-3,5,8-9,11-15,23H2/t18-/m1/s1. The van der Waals surface area contributed by atoms with Gasteiger partial charge in [0, 0.05) is 31.4 Å². The summed E-state index contributed by atoms with van der Waals surface area (Å²) in [5.41, 5.74) is 8.46. The predicted molar refractivity (Wildman–Crippen MR) is 116 cm³/mol. The van der Waals surface area contributed by atoms with Crippen LogP contribution in [0.15, 0.2) is 36.8 Å². The molecule has 30 heavy (non-hydrogen) atoms. The van der Waals surface area contributed by atoms with E-state index in [-0.39, 0.29) is 0 Å². The van der Waals surface area contributed by atoms with Gasteiger partial charge < -0.3 is 15.4 Å². The van der Waals surface area contributed by atoms with E-state index < -0.39 is 0 Å². The highest BCUT2D eigenvalue weighted by molar-refractivity contribution is 5.47. The summed E-state index contributed by atoms with van der Waals surface area (Å²) < 4.78 is 8.25. The molecule has 8 nitrogen and oxygen atoms in total. The molecule has 0 spiro atoms. The Morgan fingerprint density at radius 3 is 3.07 bits per heavy atom. The summed E-state index contributed by atoms with van der Waals surface area (Å²) >= 11 is 0. The quantitative estimate of drug-likeness (QED) is 0.640. The third kappa shape index (κ3) is 3.73. The highest BCUT2D eigenvalue weighted by Crippen LogP contribution is 2.30. The van der Waals surface area contributed by atoms with Crippen molar-refractivity contribution in [1.29, 1.82) is 0 Å². The molecule has 1 aromatic carbocycles. The summed E-state index contributed by atoms with van der Waals surface area (Å²) in [6, 6.07) is 8.81. The molecule has 8 heteroatoms. The van der Waals surface area contributed by atoms with Crippen molar-refractivity contribution < 1.29 is 4.74 Å². The number of fused-ring (bicyclic) bond motifs is 2. The molecule has 2 aliphatic rings. The van der Waals surface area contributed by atoms with Gasteiger partial charge in [-0.1, -0.05) is 12.1 Å². The minimum atomic E-state index is 0.313. The monoisotopic (exact) mass is 407 g/mol. The molecular weight excluding hydrogens is 378 g/mol. The summed E-state index contributed by atoms with van der Waals surface area (Å²) in [6.07, 6.45) is 7.73. The predicted octanol–water partition coefficient (Wildman–Crippen LogP) is 1.88. The molecule has 0 aliphatic carbocycles. The van der Waals surface area contributed by atoms with Crippen LogP contribution in [0.25, 0.3) is 5.78 Å². The molecule has 1 atom stereocenters. The number of nitrogens with zero attached hydrogens (tertiary/aromatic N) is 6. The maximum absolute atomic E-state index is 6.43. The maximum Gasteiger partial charge on any atom is 0.254 e. The van der Waals surface area contributed by atoms with E-state index in [0.717, 1.165) is 70.0 Å². The average Bonchev–Trinajstić information content (AvgIpc) is 3.45. The van der Waals surface area contributed by atoms with Crippen molar-refractivity contribution in [2.45, 2.75) is 38.3 Å². The Morgan fingerprint density at radius 2 is 2.13 bits per heavy atom. The summed E-state index contributed by atoms with van der Waals surface area (Å²) in [5, 5.41) is 4.35. The topological polar surface area (TPSA) is 84.8 Å². The summed E-state index contributed by atoms with van der Waals surface area (Å²) in [5.74, 6) is 2.69. The Labute approximate surface area is 176 Å². The van der Waals surface area contributed by atoms with Crippen molar-refractivity contribution in [3.05, 3.63) is 47.9 Å². The van der Waals surface area contributed by atoms with Crippen molar-refractivity contribution in [2.75, 3.05) is 37.7 Å². The van der Waals surface area contributed by atoms with Crippen LogP contribution in [0.3, 0.4) is 0 Å². The number of benzene rings is 1. The first kappa shape index (κ1) is 19.3. The van der Waals surface area contributed by atoms with E-state index in [1.165, 1.54) is 11.1 Å². The third-order valence-corrected chi connectivity index (χ3v) is 6.25. The molecule has 0 saturated carbocycles. The Bertz CT molecular complexity index is 1000. The number of hydrogen-bond donors (Lipinski definition) is 1. The van der Waals surface area contributed by atoms with E-state index in [1.54, 1.807) is 12.5 Å². The van der Waals surface area contributed by atoms with E-state index in [0.29, 0.717) is 18.4 Å². The molecule has 2 aromatic heterocycles. The van der Waals surface area contributed by atoms with Crippen molar-refractivity contribution in [3.8, 4) is 5.75 Å². The maximum atomic E-state index is 6.43. The molecule has 0 bridgehead atoms. The molecular formula is C22H29N7O.